The topological polar surface area (TPSA) is 32.3 Å². The van der Waals surface area contributed by atoms with Gasteiger partial charge in [0.05, 0.1) is 6.61 Å². The summed E-state index contributed by atoms with van der Waals surface area (Å²) >= 11 is 2.02. The first-order valence-electron chi connectivity index (χ1n) is 5.55. The van der Waals surface area contributed by atoms with Crippen LogP contribution in [0.1, 0.15) is 33.6 Å². The molecule has 14 heavy (non-hydrogen) atoms. The fourth-order valence-corrected chi connectivity index (χ4v) is 3.41. The summed E-state index contributed by atoms with van der Waals surface area (Å²) in [4.78, 5) is 0. The smallest absolute Gasteiger partial charge is 0.0584 e. The van der Waals surface area contributed by atoms with Crippen LogP contribution in [0.5, 0.6) is 0 Å². The molecule has 0 spiro atoms. The Hall–Kier alpha value is 0.270. The van der Waals surface area contributed by atoms with Crippen LogP contribution in [0.2, 0.25) is 0 Å². The summed E-state index contributed by atoms with van der Waals surface area (Å²) in [5, 5.41) is 12.7. The monoisotopic (exact) mass is 217 g/mol. The number of hydrogen-bond donors (Lipinski definition) is 2. The molecule has 84 valence electrons. The minimum absolute atomic E-state index is 0.258. The molecule has 1 heterocycles. The maximum absolute atomic E-state index is 9.16. The third-order valence-corrected chi connectivity index (χ3v) is 4.33. The molecule has 0 bridgehead atoms. The van der Waals surface area contributed by atoms with Gasteiger partial charge in [-0.15, -0.1) is 0 Å². The summed E-state index contributed by atoms with van der Waals surface area (Å²) in [6.45, 7) is 7.04. The average Bonchev–Trinajstić information content (AvgIpc) is 2.16. The predicted octanol–water partition coefficient (Wildman–Crippen LogP) is 1.88. The van der Waals surface area contributed by atoms with Crippen LogP contribution < -0.4 is 5.32 Å². The molecule has 0 aromatic carbocycles. The molecule has 3 heteroatoms. The molecule has 2 atom stereocenters. The van der Waals surface area contributed by atoms with Crippen molar-refractivity contribution in [2.45, 2.75) is 45.7 Å². The number of aliphatic hydroxyl groups is 1. The third-order valence-electron chi connectivity index (χ3n) is 3.27. The minimum Gasteiger partial charge on any atom is -0.395 e. The van der Waals surface area contributed by atoms with E-state index in [1.54, 1.807) is 0 Å². The van der Waals surface area contributed by atoms with Crippen molar-refractivity contribution in [3.8, 4) is 0 Å². The Labute approximate surface area is 91.9 Å². The Kier molecular flexibility index (Phi) is 4.74. The SMILES string of the molecule is CC[C@H](CO)NC1CSCCC1(C)C. The molecule has 1 rings (SSSR count). The molecule has 1 aliphatic heterocycles. The average molecular weight is 217 g/mol. The van der Waals surface area contributed by atoms with E-state index in [2.05, 4.69) is 26.1 Å². The van der Waals surface area contributed by atoms with Gasteiger partial charge in [-0.3, -0.25) is 0 Å². The lowest BCUT2D eigenvalue weighted by Crippen LogP contribution is -2.51. The molecule has 1 unspecified atom stereocenters. The molecule has 0 radical (unpaired) electrons. The van der Waals surface area contributed by atoms with Gasteiger partial charge in [0.2, 0.25) is 0 Å². The minimum atomic E-state index is 0.258. The lowest BCUT2D eigenvalue weighted by atomic mass is 9.82. The zero-order chi connectivity index (χ0) is 10.6. The van der Waals surface area contributed by atoms with Gasteiger partial charge in [0.15, 0.2) is 0 Å². The Morgan fingerprint density at radius 2 is 2.29 bits per heavy atom. The van der Waals surface area contributed by atoms with Crippen LogP contribution in [0, 0.1) is 5.41 Å². The Balaban J connectivity index is 2.48. The van der Waals surface area contributed by atoms with Crippen LogP contribution in [0.4, 0.5) is 0 Å². The number of thioether (sulfide) groups is 1. The van der Waals surface area contributed by atoms with Gasteiger partial charge in [-0.1, -0.05) is 20.8 Å². The molecule has 0 aromatic rings. The highest BCUT2D eigenvalue weighted by molar-refractivity contribution is 7.99. The van der Waals surface area contributed by atoms with Crippen molar-refractivity contribution in [1.29, 1.82) is 0 Å². The van der Waals surface area contributed by atoms with Crippen LogP contribution in [0.25, 0.3) is 0 Å². The maximum atomic E-state index is 9.16. The Bertz CT molecular complexity index is 169. The number of hydrogen-bond acceptors (Lipinski definition) is 3. The molecule has 0 amide bonds. The Morgan fingerprint density at radius 3 is 2.79 bits per heavy atom. The predicted molar refractivity (Wildman–Crippen MR) is 63.8 cm³/mol. The number of aliphatic hydroxyl groups excluding tert-OH is 1. The van der Waals surface area contributed by atoms with E-state index in [-0.39, 0.29) is 12.6 Å². The number of rotatable bonds is 4. The van der Waals surface area contributed by atoms with E-state index in [1.807, 2.05) is 11.8 Å². The summed E-state index contributed by atoms with van der Waals surface area (Å²) in [6, 6.07) is 0.830. The molecular formula is C11H23NOS. The molecule has 2 nitrogen and oxygen atoms in total. The largest absolute Gasteiger partial charge is 0.395 e. The molecule has 2 N–H and O–H groups in total. The van der Waals surface area contributed by atoms with E-state index in [9.17, 15) is 0 Å². The highest BCUT2D eigenvalue weighted by atomic mass is 32.2. The molecule has 0 saturated carbocycles. The fraction of sp³-hybridized carbons (Fsp3) is 1.00. The first kappa shape index (κ1) is 12.3. The highest BCUT2D eigenvalue weighted by Gasteiger charge is 2.33. The van der Waals surface area contributed by atoms with Gasteiger partial charge in [0.1, 0.15) is 0 Å². The van der Waals surface area contributed by atoms with E-state index in [0.29, 0.717) is 11.5 Å². The van der Waals surface area contributed by atoms with Crippen molar-refractivity contribution >= 4 is 11.8 Å². The van der Waals surface area contributed by atoms with Crippen LogP contribution in [-0.2, 0) is 0 Å². The first-order valence-corrected chi connectivity index (χ1v) is 6.70. The zero-order valence-electron chi connectivity index (χ0n) is 9.55. The highest BCUT2D eigenvalue weighted by Crippen LogP contribution is 2.34. The van der Waals surface area contributed by atoms with Gasteiger partial charge < -0.3 is 10.4 Å². The van der Waals surface area contributed by atoms with Crippen LogP contribution >= 0.6 is 11.8 Å². The first-order chi connectivity index (χ1) is 6.60. The zero-order valence-corrected chi connectivity index (χ0v) is 10.4. The van der Waals surface area contributed by atoms with E-state index >= 15 is 0 Å². The second-order valence-corrected chi connectivity index (χ2v) is 5.97. The van der Waals surface area contributed by atoms with Gasteiger partial charge in [0, 0.05) is 17.8 Å². The van der Waals surface area contributed by atoms with E-state index in [4.69, 9.17) is 5.11 Å². The molecule has 1 saturated heterocycles. The van der Waals surface area contributed by atoms with Crippen LogP contribution in [0.3, 0.4) is 0 Å². The summed E-state index contributed by atoms with van der Waals surface area (Å²) in [5.41, 5.74) is 0.383. The number of nitrogens with one attached hydrogen (secondary N) is 1. The lowest BCUT2D eigenvalue weighted by molar-refractivity contribution is 0.180. The summed E-state index contributed by atoms with van der Waals surface area (Å²) in [7, 11) is 0. The van der Waals surface area contributed by atoms with Gasteiger partial charge in [0.25, 0.3) is 0 Å². The Morgan fingerprint density at radius 1 is 1.57 bits per heavy atom. The lowest BCUT2D eigenvalue weighted by Gasteiger charge is -2.40. The molecule has 0 aromatic heterocycles. The summed E-state index contributed by atoms with van der Waals surface area (Å²) < 4.78 is 0. The van der Waals surface area contributed by atoms with E-state index < -0.39 is 0 Å². The van der Waals surface area contributed by atoms with Crippen molar-refractivity contribution in [3.63, 3.8) is 0 Å². The van der Waals surface area contributed by atoms with E-state index in [0.717, 1.165) is 6.42 Å². The van der Waals surface area contributed by atoms with E-state index in [1.165, 1.54) is 17.9 Å². The van der Waals surface area contributed by atoms with Gasteiger partial charge in [-0.25, -0.2) is 0 Å². The fourth-order valence-electron chi connectivity index (χ4n) is 1.79. The molecule has 1 fully saturated rings. The van der Waals surface area contributed by atoms with Crippen molar-refractivity contribution in [2.75, 3.05) is 18.1 Å². The van der Waals surface area contributed by atoms with Gasteiger partial charge >= 0.3 is 0 Å². The van der Waals surface area contributed by atoms with Crippen molar-refractivity contribution in [3.05, 3.63) is 0 Å². The van der Waals surface area contributed by atoms with Crippen LogP contribution in [-0.4, -0.2) is 35.3 Å². The standard InChI is InChI=1S/C11H23NOS/c1-4-9(7-13)12-10-8-14-6-5-11(10,2)3/h9-10,12-13H,4-8H2,1-3H3/t9-,10?/m1/s1. The molecular weight excluding hydrogens is 194 g/mol. The maximum Gasteiger partial charge on any atom is 0.0584 e. The molecule has 1 aliphatic rings. The van der Waals surface area contributed by atoms with Crippen molar-refractivity contribution in [2.24, 2.45) is 5.41 Å². The van der Waals surface area contributed by atoms with Crippen LogP contribution in [0.15, 0.2) is 0 Å². The quantitative estimate of drug-likeness (QED) is 0.754. The second kappa shape index (κ2) is 5.38. The second-order valence-electron chi connectivity index (χ2n) is 4.82. The summed E-state index contributed by atoms with van der Waals surface area (Å²) in [5.74, 6) is 2.46. The third kappa shape index (κ3) is 3.14. The molecule has 0 aliphatic carbocycles. The van der Waals surface area contributed by atoms with Crippen molar-refractivity contribution in [1.82, 2.24) is 5.32 Å². The van der Waals surface area contributed by atoms with Gasteiger partial charge in [-0.2, -0.15) is 11.8 Å². The normalized spacial score (nSPS) is 28.7. The van der Waals surface area contributed by atoms with Gasteiger partial charge in [-0.05, 0) is 24.0 Å². The summed E-state index contributed by atoms with van der Waals surface area (Å²) in [6.07, 6.45) is 2.28. The van der Waals surface area contributed by atoms with Crippen molar-refractivity contribution < 1.29 is 5.11 Å².